The van der Waals surface area contributed by atoms with E-state index in [1.54, 1.807) is 0 Å². The number of nitriles is 1. The van der Waals surface area contributed by atoms with E-state index in [2.05, 4.69) is 127 Å². The Labute approximate surface area is 307 Å². The van der Waals surface area contributed by atoms with Gasteiger partial charge in [0.05, 0.1) is 28.4 Å². The maximum Gasteiger partial charge on any atom is 0.160 e. The Bertz CT molecular complexity index is 2630. The number of fused-ring (bicyclic) bond motifs is 9. The molecular weight excluding hydrogens is 651 g/mol. The molecule has 0 saturated carbocycles. The van der Waals surface area contributed by atoms with Gasteiger partial charge in [0.2, 0.25) is 0 Å². The molecule has 4 heteroatoms. The van der Waals surface area contributed by atoms with Crippen molar-refractivity contribution in [2.24, 2.45) is 0 Å². The smallest absolute Gasteiger partial charge is 0.160 e. The summed E-state index contributed by atoms with van der Waals surface area (Å²) >= 11 is 1.85. The van der Waals surface area contributed by atoms with Crippen molar-refractivity contribution in [3.05, 3.63) is 204 Å². The maximum absolute atomic E-state index is 9.71. The van der Waals surface area contributed by atoms with Crippen LogP contribution in [0.2, 0.25) is 0 Å². The molecule has 1 aliphatic heterocycles. The summed E-state index contributed by atoms with van der Waals surface area (Å²) < 4.78 is 0. The normalized spacial score (nSPS) is 13.1. The quantitative estimate of drug-likeness (QED) is 0.186. The molecule has 0 atom stereocenters. The summed E-state index contributed by atoms with van der Waals surface area (Å²) in [5.41, 5.74) is 14.5. The first kappa shape index (κ1) is 30.3. The minimum absolute atomic E-state index is 0.503. The number of nitrogens with zero attached hydrogens (tertiary/aromatic N) is 3. The van der Waals surface area contributed by atoms with E-state index in [4.69, 9.17) is 9.97 Å². The molecule has 1 spiro atoms. The molecule has 7 aromatic carbocycles. The van der Waals surface area contributed by atoms with E-state index in [-0.39, 0.29) is 0 Å². The third-order valence-electron chi connectivity index (χ3n) is 10.4. The predicted octanol–water partition coefficient (Wildman–Crippen LogP) is 11.8. The van der Waals surface area contributed by atoms with E-state index in [9.17, 15) is 5.26 Å². The van der Waals surface area contributed by atoms with E-state index in [1.807, 2.05) is 66.4 Å². The molecule has 242 valence electrons. The molecule has 0 fully saturated rings. The van der Waals surface area contributed by atoms with Gasteiger partial charge < -0.3 is 0 Å². The van der Waals surface area contributed by atoms with Crippen LogP contribution in [0.15, 0.2) is 186 Å². The lowest BCUT2D eigenvalue weighted by molar-refractivity contribution is 0.722. The Morgan fingerprint density at radius 2 is 0.923 bits per heavy atom. The lowest BCUT2D eigenvalue weighted by Crippen LogP contribution is -2.31. The van der Waals surface area contributed by atoms with Gasteiger partial charge in [-0.3, -0.25) is 0 Å². The average Bonchev–Trinajstić information content (AvgIpc) is 3.50. The molecule has 0 unspecified atom stereocenters. The van der Waals surface area contributed by atoms with E-state index >= 15 is 0 Å². The number of hydrogen-bond acceptors (Lipinski definition) is 4. The molecule has 1 aromatic heterocycles. The van der Waals surface area contributed by atoms with Crippen molar-refractivity contribution >= 4 is 11.8 Å². The lowest BCUT2D eigenvalue weighted by atomic mass is 9.67. The van der Waals surface area contributed by atoms with E-state index in [0.29, 0.717) is 11.4 Å². The Kier molecular flexibility index (Phi) is 7.02. The highest BCUT2D eigenvalue weighted by Crippen LogP contribution is 2.62. The van der Waals surface area contributed by atoms with Crippen LogP contribution in [0.1, 0.15) is 27.8 Å². The minimum Gasteiger partial charge on any atom is -0.228 e. The van der Waals surface area contributed by atoms with Crippen LogP contribution in [0.25, 0.3) is 56.2 Å². The summed E-state index contributed by atoms with van der Waals surface area (Å²) in [6.07, 6.45) is 0. The van der Waals surface area contributed by atoms with Gasteiger partial charge in [0.25, 0.3) is 0 Å². The third-order valence-corrected chi connectivity index (χ3v) is 11.5. The van der Waals surface area contributed by atoms with Gasteiger partial charge >= 0.3 is 0 Å². The van der Waals surface area contributed by atoms with Crippen LogP contribution in [0.5, 0.6) is 0 Å². The topological polar surface area (TPSA) is 49.6 Å². The predicted molar refractivity (Wildman–Crippen MR) is 210 cm³/mol. The Balaban J connectivity index is 1.25. The summed E-state index contributed by atoms with van der Waals surface area (Å²) in [6.45, 7) is 0. The first-order valence-electron chi connectivity index (χ1n) is 17.4. The van der Waals surface area contributed by atoms with Crippen molar-refractivity contribution in [3.8, 4) is 62.2 Å². The van der Waals surface area contributed by atoms with Crippen molar-refractivity contribution < 1.29 is 0 Å². The molecular formula is C48H29N3S. The third kappa shape index (κ3) is 4.67. The Morgan fingerprint density at radius 1 is 0.423 bits per heavy atom. The van der Waals surface area contributed by atoms with Crippen LogP contribution in [0, 0.1) is 11.3 Å². The summed E-state index contributed by atoms with van der Waals surface area (Å²) in [4.78, 5) is 12.9. The second kappa shape index (κ2) is 12.1. The van der Waals surface area contributed by atoms with Gasteiger partial charge in [0.1, 0.15) is 0 Å². The summed E-state index contributed by atoms with van der Waals surface area (Å²) in [5.74, 6) is 0.684. The van der Waals surface area contributed by atoms with Crippen LogP contribution in [0.4, 0.5) is 0 Å². The molecule has 0 saturated heterocycles. The molecule has 10 rings (SSSR count). The minimum atomic E-state index is -0.503. The number of rotatable bonds is 4. The van der Waals surface area contributed by atoms with Crippen molar-refractivity contribution in [3.63, 3.8) is 0 Å². The van der Waals surface area contributed by atoms with Gasteiger partial charge in [-0.2, -0.15) is 5.26 Å². The van der Waals surface area contributed by atoms with Gasteiger partial charge in [0, 0.05) is 26.5 Å². The zero-order valence-electron chi connectivity index (χ0n) is 28.0. The number of benzene rings is 7. The standard InChI is InChI=1S/C48H29N3S/c49-30-31-12-11-17-34(26-31)35-22-24-39-37(27-35)38-28-36(47-50-43(32-13-3-1-4-14-32)29-44(51-47)33-15-5-2-6-16-33)23-25-40(38)48(39)41-18-7-9-20-45(41)52-46-21-10-8-19-42(46)48/h1-29H. The van der Waals surface area contributed by atoms with E-state index < -0.39 is 5.41 Å². The second-order valence-corrected chi connectivity index (χ2v) is 14.3. The molecule has 0 amide bonds. The molecule has 3 nitrogen and oxygen atoms in total. The van der Waals surface area contributed by atoms with Crippen molar-refractivity contribution in [1.29, 1.82) is 5.26 Å². The molecule has 1 aliphatic carbocycles. The fourth-order valence-electron chi connectivity index (χ4n) is 8.08. The highest BCUT2D eigenvalue weighted by atomic mass is 32.2. The van der Waals surface area contributed by atoms with Crippen LogP contribution in [-0.4, -0.2) is 9.97 Å². The van der Waals surface area contributed by atoms with Gasteiger partial charge in [-0.15, -0.1) is 0 Å². The second-order valence-electron chi connectivity index (χ2n) is 13.3. The Morgan fingerprint density at radius 3 is 1.52 bits per heavy atom. The van der Waals surface area contributed by atoms with Crippen LogP contribution < -0.4 is 0 Å². The van der Waals surface area contributed by atoms with Crippen molar-refractivity contribution in [2.75, 3.05) is 0 Å². The molecule has 2 aliphatic rings. The number of aromatic nitrogens is 2. The van der Waals surface area contributed by atoms with Gasteiger partial charge in [-0.25, -0.2) is 9.97 Å². The molecule has 0 radical (unpaired) electrons. The first-order chi connectivity index (χ1) is 25.7. The highest BCUT2D eigenvalue weighted by Gasteiger charge is 2.50. The maximum atomic E-state index is 9.71. The van der Waals surface area contributed by atoms with Crippen molar-refractivity contribution in [2.45, 2.75) is 15.2 Å². The zero-order valence-corrected chi connectivity index (χ0v) is 28.8. The molecule has 0 bridgehead atoms. The SMILES string of the molecule is N#Cc1cccc(-c2ccc3c(c2)-c2cc(-c4nc(-c5ccccc5)cc(-c5ccccc5)n4)ccc2C32c3ccccc3Sc3ccccc32)c1. The van der Waals surface area contributed by atoms with E-state index in [1.165, 1.54) is 37.6 Å². The molecule has 0 N–H and O–H groups in total. The summed E-state index contributed by atoms with van der Waals surface area (Å²) in [7, 11) is 0. The van der Waals surface area contributed by atoms with Gasteiger partial charge in [0.15, 0.2) is 5.82 Å². The van der Waals surface area contributed by atoms with Crippen LogP contribution in [-0.2, 0) is 5.41 Å². The Hall–Kier alpha value is -6.54. The zero-order chi connectivity index (χ0) is 34.6. The average molecular weight is 680 g/mol. The fourth-order valence-corrected chi connectivity index (χ4v) is 9.28. The fraction of sp³-hybridized carbons (Fsp3) is 0.0208. The lowest BCUT2D eigenvalue weighted by Gasteiger charge is -2.39. The monoisotopic (exact) mass is 679 g/mol. The highest BCUT2D eigenvalue weighted by molar-refractivity contribution is 7.99. The van der Waals surface area contributed by atoms with Gasteiger partial charge in [-0.05, 0) is 87.0 Å². The number of hydrogen-bond donors (Lipinski definition) is 0. The largest absolute Gasteiger partial charge is 0.228 e. The van der Waals surface area contributed by atoms with Gasteiger partial charge in [-0.1, -0.05) is 145 Å². The molecule has 8 aromatic rings. The van der Waals surface area contributed by atoms with Crippen molar-refractivity contribution in [1.82, 2.24) is 9.97 Å². The summed E-state index contributed by atoms with van der Waals surface area (Å²) in [5, 5.41) is 9.71. The molecule has 2 heterocycles. The van der Waals surface area contributed by atoms with Crippen LogP contribution in [0.3, 0.4) is 0 Å². The summed E-state index contributed by atoms with van der Waals surface area (Å²) in [6, 6.07) is 64.3. The first-order valence-corrected chi connectivity index (χ1v) is 18.2. The molecule has 52 heavy (non-hydrogen) atoms. The van der Waals surface area contributed by atoms with E-state index in [0.717, 1.165) is 44.8 Å². The van der Waals surface area contributed by atoms with Crippen LogP contribution >= 0.6 is 11.8 Å².